The number of sulfonamides is 1. The summed E-state index contributed by atoms with van der Waals surface area (Å²) >= 11 is 0. The van der Waals surface area contributed by atoms with Crippen LogP contribution in [0.4, 0.5) is 9.18 Å². The first kappa shape index (κ1) is 39.4. The molecular weight excluding hydrogens is 758 g/mol. The number of nitrogens with zero attached hydrogens (tertiary/aromatic N) is 2. The quantitative estimate of drug-likeness (QED) is 0.346. The van der Waals surface area contributed by atoms with Crippen molar-refractivity contribution in [2.24, 2.45) is 17.8 Å². The van der Waals surface area contributed by atoms with Crippen LogP contribution in [0.2, 0.25) is 0 Å². The van der Waals surface area contributed by atoms with E-state index in [0.29, 0.717) is 44.0 Å². The topological polar surface area (TPSA) is 182 Å². The summed E-state index contributed by atoms with van der Waals surface area (Å²) in [6.07, 6.45) is 9.53. The van der Waals surface area contributed by atoms with Crippen LogP contribution in [0, 0.1) is 23.6 Å². The molecule has 3 heterocycles. The predicted octanol–water partition coefficient (Wildman–Crippen LogP) is 4.19. The molecule has 1 aromatic carbocycles. The number of carbonyl (C=O) groups excluding carboxylic acids is 4. The molecule has 3 N–H and O–H groups in total. The van der Waals surface area contributed by atoms with Crippen molar-refractivity contribution in [2.45, 2.75) is 138 Å². The summed E-state index contributed by atoms with van der Waals surface area (Å²) in [5.74, 6) is -2.94. The molecule has 4 amide bonds. The molecule has 2 bridgehead atoms. The number of hydrogen-bond acceptors (Lipinski definition) is 9. The molecule has 0 spiro atoms. The van der Waals surface area contributed by atoms with Crippen molar-refractivity contribution in [1.29, 1.82) is 0 Å². The fraction of sp³-hybridized carbons (Fsp3) is 0.634. The second-order valence-electron chi connectivity index (χ2n) is 17.0. The number of aromatic nitrogens is 1. The average molecular weight is 810 g/mol. The Hall–Kier alpha value is -4.47. The Labute approximate surface area is 331 Å². The van der Waals surface area contributed by atoms with E-state index in [-0.39, 0.29) is 48.6 Å². The number of benzene rings is 1. The lowest BCUT2D eigenvalue weighted by Gasteiger charge is -2.32. The SMILES string of the molecule is C=C[C@@H]1C[C@]1(NC(=O)[C@@H]1C[C@@H]2CN1C(=O)[C@H](C1CCCC1)NC(=O)O[C@@H]1CCC[C@H]1CCCCCn1c(cc3ccc(F)cc3c1=O)O2)C(=O)NS(=O)(=O)C1CC1. The highest BCUT2D eigenvalue weighted by Crippen LogP contribution is 2.46. The third-order valence-electron chi connectivity index (χ3n) is 13.1. The van der Waals surface area contributed by atoms with Crippen LogP contribution in [0.15, 0.2) is 41.7 Å². The lowest BCUT2D eigenvalue weighted by atomic mass is 9.96. The first-order valence-corrected chi connectivity index (χ1v) is 22.2. The number of hydrogen-bond donors (Lipinski definition) is 3. The van der Waals surface area contributed by atoms with Crippen LogP contribution in [0.1, 0.15) is 96.3 Å². The van der Waals surface area contributed by atoms with Crippen molar-refractivity contribution in [3.05, 3.63) is 53.1 Å². The Bertz CT molecular complexity index is 2120. The highest BCUT2D eigenvalue weighted by molar-refractivity contribution is 7.91. The van der Waals surface area contributed by atoms with Gasteiger partial charge in [-0.2, -0.15) is 0 Å². The summed E-state index contributed by atoms with van der Waals surface area (Å²) in [5.41, 5.74) is -2.00. The molecule has 1 aromatic heterocycles. The number of ether oxygens (including phenoxy) is 2. The fourth-order valence-corrected chi connectivity index (χ4v) is 11.0. The van der Waals surface area contributed by atoms with Gasteiger partial charge in [-0.15, -0.1) is 6.58 Å². The minimum atomic E-state index is -3.93. The van der Waals surface area contributed by atoms with E-state index in [4.69, 9.17) is 9.47 Å². The van der Waals surface area contributed by atoms with Gasteiger partial charge in [0, 0.05) is 24.9 Å². The van der Waals surface area contributed by atoms with Crippen molar-refractivity contribution >= 4 is 44.6 Å². The summed E-state index contributed by atoms with van der Waals surface area (Å²) in [6.45, 7) is 3.99. The second kappa shape index (κ2) is 15.7. The van der Waals surface area contributed by atoms with Gasteiger partial charge in [-0.3, -0.25) is 28.5 Å². The Morgan fingerprint density at radius 3 is 2.40 bits per heavy atom. The summed E-state index contributed by atoms with van der Waals surface area (Å²) < 4.78 is 56.2. The van der Waals surface area contributed by atoms with Gasteiger partial charge in [0.2, 0.25) is 21.8 Å². The van der Waals surface area contributed by atoms with E-state index in [1.165, 1.54) is 33.7 Å². The lowest BCUT2D eigenvalue weighted by Crippen LogP contribution is -2.59. The van der Waals surface area contributed by atoms with Crippen LogP contribution < -0.4 is 25.7 Å². The fourth-order valence-electron chi connectivity index (χ4n) is 9.66. The molecule has 0 unspecified atom stereocenters. The van der Waals surface area contributed by atoms with Crippen LogP contribution in [-0.4, -0.2) is 83.3 Å². The van der Waals surface area contributed by atoms with Crippen LogP contribution in [0.5, 0.6) is 5.88 Å². The van der Waals surface area contributed by atoms with Crippen molar-refractivity contribution in [2.75, 3.05) is 6.54 Å². The molecule has 1 saturated heterocycles. The van der Waals surface area contributed by atoms with Crippen LogP contribution in [0.25, 0.3) is 10.8 Å². The smallest absolute Gasteiger partial charge is 0.408 e. The molecule has 14 nitrogen and oxygen atoms in total. The third kappa shape index (κ3) is 8.02. The van der Waals surface area contributed by atoms with E-state index in [9.17, 15) is 36.8 Å². The predicted molar refractivity (Wildman–Crippen MR) is 207 cm³/mol. The zero-order valence-corrected chi connectivity index (χ0v) is 32.9. The molecule has 6 aliphatic rings. The van der Waals surface area contributed by atoms with Crippen molar-refractivity contribution < 1.29 is 41.5 Å². The van der Waals surface area contributed by atoms with Gasteiger partial charge < -0.3 is 25.0 Å². The largest absolute Gasteiger partial charge is 0.473 e. The highest BCUT2D eigenvalue weighted by Gasteiger charge is 2.62. The lowest BCUT2D eigenvalue weighted by molar-refractivity contribution is -0.142. The number of nitrogens with one attached hydrogen (secondary N) is 3. The monoisotopic (exact) mass is 809 g/mol. The molecule has 4 saturated carbocycles. The summed E-state index contributed by atoms with van der Waals surface area (Å²) in [6, 6.07) is 3.48. The zero-order chi connectivity index (χ0) is 40.1. The van der Waals surface area contributed by atoms with Crippen LogP contribution >= 0.6 is 0 Å². The second-order valence-corrected chi connectivity index (χ2v) is 18.9. The molecule has 2 aromatic rings. The molecule has 5 fully saturated rings. The van der Waals surface area contributed by atoms with Gasteiger partial charge in [-0.25, -0.2) is 17.6 Å². The molecule has 16 heteroatoms. The Morgan fingerprint density at radius 2 is 1.67 bits per heavy atom. The zero-order valence-electron chi connectivity index (χ0n) is 32.1. The maximum atomic E-state index is 14.8. The number of fused-ring (bicyclic) bond motifs is 5. The first-order valence-electron chi connectivity index (χ1n) is 20.6. The van der Waals surface area contributed by atoms with Gasteiger partial charge in [-0.05, 0) is 93.6 Å². The van der Waals surface area contributed by atoms with Gasteiger partial charge in [-0.1, -0.05) is 37.8 Å². The summed E-state index contributed by atoms with van der Waals surface area (Å²) in [5, 5.41) is 5.74. The Balaban J connectivity index is 1.14. The highest BCUT2D eigenvalue weighted by atomic mass is 32.2. The van der Waals surface area contributed by atoms with E-state index in [2.05, 4.69) is 21.9 Å². The summed E-state index contributed by atoms with van der Waals surface area (Å²) in [7, 11) is -3.93. The van der Waals surface area contributed by atoms with Gasteiger partial charge in [0.15, 0.2) is 5.88 Å². The molecular formula is C41H52FN5O9S. The average Bonchev–Trinajstić information content (AvgIpc) is 3.97. The molecule has 57 heavy (non-hydrogen) atoms. The van der Waals surface area contributed by atoms with Crippen LogP contribution in [-0.2, 0) is 35.7 Å². The number of alkyl carbamates (subject to hydrolysis) is 1. The Morgan fingerprint density at radius 1 is 0.930 bits per heavy atom. The maximum Gasteiger partial charge on any atom is 0.408 e. The minimum Gasteiger partial charge on any atom is -0.473 e. The van der Waals surface area contributed by atoms with Crippen molar-refractivity contribution in [3.63, 3.8) is 0 Å². The molecule has 7 atom stereocenters. The number of amides is 4. The van der Waals surface area contributed by atoms with Gasteiger partial charge in [0.1, 0.15) is 35.6 Å². The van der Waals surface area contributed by atoms with E-state index in [1.54, 1.807) is 6.07 Å². The minimum absolute atomic E-state index is 0.0321. The third-order valence-corrected chi connectivity index (χ3v) is 15.0. The van der Waals surface area contributed by atoms with Gasteiger partial charge in [0.25, 0.3) is 11.5 Å². The standard InChI is InChI=1S/C41H52FN5O9S/c1-2-27-22-41(27,39(51)45-57(53,54)30-16-17-30)44-36(48)32-21-29-23-47(32)38(50)35(25-10-5-6-11-25)43-40(52)56-33-13-8-12-24(33)9-4-3-7-18-46-34(55-29)19-26-14-15-28(42)20-31(26)37(46)49/h2,14-15,19-20,24-25,27,29-30,32-33,35H,1,3-13,16-18,21-23H2,(H,43,52)(H,44,48)(H,45,51)/t24-,27-,29-,32+,33-,35+,41-/m1/s1. The van der Waals surface area contributed by atoms with Gasteiger partial charge >= 0.3 is 6.09 Å². The molecule has 308 valence electrons. The van der Waals surface area contributed by atoms with Crippen LogP contribution in [0.3, 0.4) is 0 Å². The van der Waals surface area contributed by atoms with Gasteiger partial charge in [0.05, 0.1) is 17.2 Å². The first-order chi connectivity index (χ1) is 27.4. The molecule has 4 aliphatic carbocycles. The number of halogens is 1. The normalized spacial score (nSPS) is 31.2. The molecule has 2 aliphatic heterocycles. The van der Waals surface area contributed by atoms with Crippen molar-refractivity contribution in [3.8, 4) is 5.88 Å². The number of pyridine rings is 1. The number of carbonyl (C=O) groups is 4. The molecule has 8 rings (SSSR count). The summed E-state index contributed by atoms with van der Waals surface area (Å²) in [4.78, 5) is 71.8. The Kier molecular flexibility index (Phi) is 10.8. The van der Waals surface area contributed by atoms with Crippen molar-refractivity contribution in [1.82, 2.24) is 24.8 Å². The van der Waals surface area contributed by atoms with E-state index >= 15 is 0 Å². The van der Waals surface area contributed by atoms with E-state index in [1.807, 2.05) is 0 Å². The number of rotatable bonds is 7. The maximum absolute atomic E-state index is 14.8. The van der Waals surface area contributed by atoms with E-state index < -0.39 is 80.1 Å². The molecule has 0 radical (unpaired) electrons. The van der Waals surface area contributed by atoms with E-state index in [0.717, 1.165) is 51.4 Å².